The first kappa shape index (κ1) is 13.3. The van der Waals surface area contributed by atoms with Crippen LogP contribution in [0.3, 0.4) is 0 Å². The van der Waals surface area contributed by atoms with Gasteiger partial charge in [-0.1, -0.05) is 34.6 Å². The van der Waals surface area contributed by atoms with Gasteiger partial charge in [0, 0.05) is 5.41 Å². The molecule has 18 heavy (non-hydrogen) atoms. The minimum absolute atomic E-state index is 0.0900. The normalized spacial score (nSPS) is 12.4. The standard InChI is InChI=1S/C15H21NOS/c1-9(2)10-7-11(17-6)13-12(8-10)18-14(16-13)15(3,4)5/h7-9H,1-6H3. The topological polar surface area (TPSA) is 22.1 Å². The monoisotopic (exact) mass is 263 g/mol. The quantitative estimate of drug-likeness (QED) is 0.781. The molecule has 0 amide bonds. The second-order valence-electron chi connectivity index (χ2n) is 5.99. The number of aromatic nitrogens is 1. The van der Waals surface area contributed by atoms with Gasteiger partial charge >= 0.3 is 0 Å². The van der Waals surface area contributed by atoms with Crippen LogP contribution in [0, 0.1) is 0 Å². The molecule has 0 bridgehead atoms. The van der Waals surface area contributed by atoms with Crippen LogP contribution in [0.1, 0.15) is 51.1 Å². The molecule has 2 nitrogen and oxygen atoms in total. The van der Waals surface area contributed by atoms with Crippen molar-refractivity contribution in [3.63, 3.8) is 0 Å². The number of hydrogen-bond acceptors (Lipinski definition) is 3. The molecule has 0 saturated heterocycles. The smallest absolute Gasteiger partial charge is 0.146 e. The molecule has 0 aliphatic heterocycles. The first-order chi connectivity index (χ1) is 8.32. The summed E-state index contributed by atoms with van der Waals surface area (Å²) in [7, 11) is 1.72. The fourth-order valence-electron chi connectivity index (χ4n) is 1.83. The summed E-state index contributed by atoms with van der Waals surface area (Å²) >= 11 is 1.77. The van der Waals surface area contributed by atoms with E-state index in [-0.39, 0.29) is 5.41 Å². The van der Waals surface area contributed by atoms with Gasteiger partial charge in [-0.05, 0) is 23.6 Å². The van der Waals surface area contributed by atoms with E-state index < -0.39 is 0 Å². The molecule has 0 fully saturated rings. The van der Waals surface area contributed by atoms with Crippen LogP contribution in [0.15, 0.2) is 12.1 Å². The highest BCUT2D eigenvalue weighted by Gasteiger charge is 2.21. The molecule has 0 aliphatic rings. The Morgan fingerprint density at radius 3 is 2.39 bits per heavy atom. The zero-order valence-corrected chi connectivity index (χ0v) is 12.8. The van der Waals surface area contributed by atoms with E-state index in [1.54, 1.807) is 18.4 Å². The van der Waals surface area contributed by atoms with E-state index in [1.165, 1.54) is 10.3 Å². The lowest BCUT2D eigenvalue weighted by Gasteiger charge is -2.13. The summed E-state index contributed by atoms with van der Waals surface area (Å²) in [5.41, 5.74) is 2.40. The van der Waals surface area contributed by atoms with Gasteiger partial charge in [-0.25, -0.2) is 4.98 Å². The lowest BCUT2D eigenvalue weighted by atomic mass is 9.98. The Balaban J connectivity index is 2.67. The van der Waals surface area contributed by atoms with Crippen molar-refractivity contribution < 1.29 is 4.74 Å². The van der Waals surface area contributed by atoms with Crippen molar-refractivity contribution in [1.82, 2.24) is 4.98 Å². The molecule has 2 aromatic rings. The third kappa shape index (κ3) is 2.37. The Kier molecular flexibility index (Phi) is 3.37. The van der Waals surface area contributed by atoms with Crippen LogP contribution >= 0.6 is 11.3 Å². The van der Waals surface area contributed by atoms with Crippen LogP contribution in [0.4, 0.5) is 0 Å². The van der Waals surface area contributed by atoms with Crippen LogP contribution in [0.5, 0.6) is 5.75 Å². The maximum absolute atomic E-state index is 5.49. The number of thiazole rings is 1. The minimum Gasteiger partial charge on any atom is -0.494 e. The van der Waals surface area contributed by atoms with E-state index in [0.29, 0.717) is 5.92 Å². The third-order valence-electron chi connectivity index (χ3n) is 3.01. The van der Waals surface area contributed by atoms with Crippen LogP contribution in [-0.2, 0) is 5.41 Å². The maximum Gasteiger partial charge on any atom is 0.146 e. The Bertz CT molecular complexity index is 564. The Morgan fingerprint density at radius 2 is 1.89 bits per heavy atom. The second kappa shape index (κ2) is 4.54. The number of benzene rings is 1. The molecular weight excluding hydrogens is 242 g/mol. The molecule has 0 N–H and O–H groups in total. The number of rotatable bonds is 2. The van der Waals surface area contributed by atoms with Gasteiger partial charge in [0.05, 0.1) is 16.8 Å². The van der Waals surface area contributed by atoms with E-state index in [4.69, 9.17) is 9.72 Å². The first-order valence-electron chi connectivity index (χ1n) is 6.32. The van der Waals surface area contributed by atoms with Crippen molar-refractivity contribution in [2.45, 2.75) is 46.0 Å². The van der Waals surface area contributed by atoms with Crippen molar-refractivity contribution in [1.29, 1.82) is 0 Å². The summed E-state index contributed by atoms with van der Waals surface area (Å²) in [5, 5.41) is 1.16. The fraction of sp³-hybridized carbons (Fsp3) is 0.533. The maximum atomic E-state index is 5.49. The van der Waals surface area contributed by atoms with Gasteiger partial charge in [-0.2, -0.15) is 0 Å². The summed E-state index contributed by atoms with van der Waals surface area (Å²) in [6.45, 7) is 11.0. The van der Waals surface area contributed by atoms with Crippen LogP contribution in [0.25, 0.3) is 10.2 Å². The van der Waals surface area contributed by atoms with Crippen molar-refractivity contribution >= 4 is 21.6 Å². The predicted molar refractivity (Wildman–Crippen MR) is 79.0 cm³/mol. The molecule has 0 atom stereocenters. The molecule has 98 valence electrons. The molecule has 1 heterocycles. The SMILES string of the molecule is COc1cc(C(C)C)cc2sc(C(C)(C)C)nc12. The second-order valence-corrected chi connectivity index (χ2v) is 7.02. The molecule has 0 unspecified atom stereocenters. The summed E-state index contributed by atoms with van der Waals surface area (Å²) in [6.07, 6.45) is 0. The lowest BCUT2D eigenvalue weighted by molar-refractivity contribution is 0.418. The Morgan fingerprint density at radius 1 is 1.22 bits per heavy atom. The van der Waals surface area contributed by atoms with Gasteiger partial charge in [0.15, 0.2) is 0 Å². The number of ether oxygens (including phenoxy) is 1. The van der Waals surface area contributed by atoms with Gasteiger partial charge in [0.25, 0.3) is 0 Å². The van der Waals surface area contributed by atoms with Gasteiger partial charge in [0.2, 0.25) is 0 Å². The van der Waals surface area contributed by atoms with E-state index in [2.05, 4.69) is 46.8 Å². The number of hydrogen-bond donors (Lipinski definition) is 0. The lowest BCUT2D eigenvalue weighted by Crippen LogP contribution is -2.09. The Labute approximate surface area is 113 Å². The minimum atomic E-state index is 0.0900. The van der Waals surface area contributed by atoms with E-state index in [1.807, 2.05) is 0 Å². The van der Waals surface area contributed by atoms with Gasteiger partial charge < -0.3 is 4.74 Å². The summed E-state index contributed by atoms with van der Waals surface area (Å²) in [5.74, 6) is 1.39. The first-order valence-corrected chi connectivity index (χ1v) is 7.13. The van der Waals surface area contributed by atoms with Crippen molar-refractivity contribution in [2.24, 2.45) is 0 Å². The van der Waals surface area contributed by atoms with Crippen molar-refractivity contribution in [3.05, 3.63) is 22.7 Å². The predicted octanol–water partition coefficient (Wildman–Crippen LogP) is 4.73. The zero-order chi connectivity index (χ0) is 13.5. The summed E-state index contributed by atoms with van der Waals surface area (Å²) < 4.78 is 6.71. The average molecular weight is 263 g/mol. The molecule has 1 aromatic carbocycles. The van der Waals surface area contributed by atoms with E-state index >= 15 is 0 Å². The summed E-state index contributed by atoms with van der Waals surface area (Å²) in [6, 6.07) is 4.36. The fourth-order valence-corrected chi connectivity index (χ4v) is 2.92. The van der Waals surface area contributed by atoms with Gasteiger partial charge in [-0.15, -0.1) is 11.3 Å². The third-order valence-corrected chi connectivity index (χ3v) is 4.44. The van der Waals surface area contributed by atoms with Crippen LogP contribution in [-0.4, -0.2) is 12.1 Å². The van der Waals surface area contributed by atoms with Crippen molar-refractivity contribution in [3.8, 4) is 5.75 Å². The highest BCUT2D eigenvalue weighted by molar-refractivity contribution is 7.18. The van der Waals surface area contributed by atoms with Crippen molar-refractivity contribution in [2.75, 3.05) is 7.11 Å². The Hall–Kier alpha value is -1.09. The molecule has 0 saturated carbocycles. The van der Waals surface area contributed by atoms with Crippen LogP contribution in [0.2, 0.25) is 0 Å². The average Bonchev–Trinajstić information content (AvgIpc) is 2.70. The molecule has 0 aliphatic carbocycles. The highest BCUT2D eigenvalue weighted by atomic mass is 32.1. The summed E-state index contributed by atoms with van der Waals surface area (Å²) in [4.78, 5) is 4.75. The highest BCUT2D eigenvalue weighted by Crippen LogP contribution is 2.37. The molecule has 2 rings (SSSR count). The zero-order valence-electron chi connectivity index (χ0n) is 12.0. The molecule has 3 heteroatoms. The molecular formula is C15H21NOS. The van der Waals surface area contributed by atoms with E-state index in [0.717, 1.165) is 16.3 Å². The van der Waals surface area contributed by atoms with E-state index in [9.17, 15) is 0 Å². The largest absolute Gasteiger partial charge is 0.494 e. The van der Waals surface area contributed by atoms with Gasteiger partial charge in [0.1, 0.15) is 11.3 Å². The number of nitrogens with zero attached hydrogens (tertiary/aromatic N) is 1. The molecule has 0 radical (unpaired) electrons. The number of fused-ring (bicyclic) bond motifs is 1. The number of methoxy groups -OCH3 is 1. The van der Waals surface area contributed by atoms with Crippen LogP contribution < -0.4 is 4.74 Å². The molecule has 1 aromatic heterocycles. The van der Waals surface area contributed by atoms with Gasteiger partial charge in [-0.3, -0.25) is 0 Å². The molecule has 0 spiro atoms.